The molecule has 0 fully saturated rings. The average Bonchev–Trinajstić information content (AvgIpc) is 3.13. The normalized spacial score (nSPS) is 16.9. The summed E-state index contributed by atoms with van der Waals surface area (Å²) in [7, 11) is -2.92. The fraction of sp³-hybridized carbons (Fsp3) is 0.773. The van der Waals surface area contributed by atoms with Gasteiger partial charge in [-0.1, -0.05) is 91.8 Å². The van der Waals surface area contributed by atoms with Gasteiger partial charge in [-0.05, 0) is 86.8 Å². The topological polar surface area (TPSA) is 98.8 Å². The Morgan fingerprint density at radius 1 is 0.839 bits per heavy atom. The zero-order chi connectivity index (χ0) is 42.7. The number of allylic oxidation sites excluding steroid dienone is 1. The van der Waals surface area contributed by atoms with Crippen LogP contribution in [0.15, 0.2) is 42.5 Å². The van der Waals surface area contributed by atoms with Crippen molar-refractivity contribution < 1.29 is 41.8 Å². The van der Waals surface area contributed by atoms with Crippen LogP contribution in [0.25, 0.3) is 0 Å². The summed E-state index contributed by atoms with van der Waals surface area (Å²) >= 11 is 0. The van der Waals surface area contributed by atoms with Crippen LogP contribution in [0.3, 0.4) is 0 Å². The molecule has 0 aromatic heterocycles. The molecular formula is C44H82O9Si3. The van der Waals surface area contributed by atoms with E-state index in [1.165, 1.54) is 6.92 Å². The van der Waals surface area contributed by atoms with E-state index in [0.29, 0.717) is 45.5 Å². The lowest BCUT2D eigenvalue weighted by molar-refractivity contribution is -0.141. The van der Waals surface area contributed by atoms with Gasteiger partial charge in [-0.3, -0.25) is 9.59 Å². The zero-order valence-electron chi connectivity index (χ0n) is 38.3. The molecule has 0 unspecified atom stereocenters. The largest absolute Gasteiger partial charge is 0.466 e. The van der Waals surface area contributed by atoms with Crippen LogP contribution in [-0.4, -0.2) is 94.7 Å². The van der Waals surface area contributed by atoms with Gasteiger partial charge in [-0.2, -0.15) is 0 Å². The molecule has 1 aromatic carbocycles. The highest BCUT2D eigenvalue weighted by molar-refractivity contribution is 6.74. The third kappa shape index (κ3) is 18.6. The summed E-state index contributed by atoms with van der Waals surface area (Å²) in [5.41, 5.74) is 1.11. The summed E-state index contributed by atoms with van der Waals surface area (Å²) in [5.74, 6) is -0.765. The molecule has 0 N–H and O–H groups in total. The van der Waals surface area contributed by atoms with Gasteiger partial charge in [0.1, 0.15) is 0 Å². The summed E-state index contributed by atoms with van der Waals surface area (Å²) in [6.45, 7) is 31.3. The van der Waals surface area contributed by atoms with E-state index in [2.05, 4.69) is 93.3 Å². The molecule has 0 saturated heterocycles. The van der Waals surface area contributed by atoms with E-state index in [-0.39, 0.29) is 53.2 Å². The number of esters is 1. The molecule has 0 aliphatic carbocycles. The Balaban J connectivity index is 3.43. The van der Waals surface area contributed by atoms with Gasteiger partial charge >= 0.3 is 5.97 Å². The monoisotopic (exact) mass is 839 g/mol. The highest BCUT2D eigenvalue weighted by atomic mass is 28.4. The number of ketones is 1. The van der Waals surface area contributed by atoms with Gasteiger partial charge in [-0.25, -0.2) is 0 Å². The van der Waals surface area contributed by atoms with Gasteiger partial charge in [0.05, 0.1) is 50.3 Å². The smallest absolute Gasteiger partial charge is 0.302 e. The van der Waals surface area contributed by atoms with Crippen molar-refractivity contribution in [3.8, 4) is 0 Å². The number of rotatable bonds is 29. The molecule has 0 heterocycles. The van der Waals surface area contributed by atoms with E-state index in [4.69, 9.17) is 32.2 Å². The lowest BCUT2D eigenvalue weighted by atomic mass is 9.85. The van der Waals surface area contributed by atoms with Crippen LogP contribution in [0.1, 0.15) is 93.6 Å². The summed E-state index contributed by atoms with van der Waals surface area (Å²) in [5, 5.41) is 0.00937. The number of benzene rings is 1. The molecule has 7 atom stereocenters. The molecule has 56 heavy (non-hydrogen) atoms. The fourth-order valence-corrected chi connectivity index (χ4v) is 12.4. The number of ether oxygens (including phenoxy) is 4. The van der Waals surface area contributed by atoms with Crippen molar-refractivity contribution in [1.82, 2.24) is 0 Å². The molecule has 0 aliphatic heterocycles. The first-order chi connectivity index (χ1) is 26.1. The second-order valence-corrected chi connectivity index (χ2v) is 32.0. The zero-order valence-corrected chi connectivity index (χ0v) is 41.3. The van der Waals surface area contributed by atoms with Gasteiger partial charge in [0.25, 0.3) is 0 Å². The van der Waals surface area contributed by atoms with Crippen molar-refractivity contribution in [1.29, 1.82) is 0 Å². The predicted octanol–water partition coefficient (Wildman–Crippen LogP) is 10.8. The molecule has 0 saturated carbocycles. The first kappa shape index (κ1) is 52.5. The molecular weight excluding hydrogens is 757 g/mol. The van der Waals surface area contributed by atoms with E-state index in [0.717, 1.165) is 23.7 Å². The highest BCUT2D eigenvalue weighted by Crippen LogP contribution is 2.39. The van der Waals surface area contributed by atoms with E-state index < -0.39 is 30.9 Å². The summed E-state index contributed by atoms with van der Waals surface area (Å²) in [4.78, 5) is 25.6. The van der Waals surface area contributed by atoms with E-state index in [9.17, 15) is 9.59 Å². The Morgan fingerprint density at radius 2 is 1.45 bits per heavy atom. The van der Waals surface area contributed by atoms with Crippen LogP contribution < -0.4 is 0 Å². The Bertz CT molecular complexity index is 1270. The van der Waals surface area contributed by atoms with Crippen molar-refractivity contribution >= 4 is 36.7 Å². The maximum absolute atomic E-state index is 14.2. The first-order valence-electron chi connectivity index (χ1n) is 21.1. The van der Waals surface area contributed by atoms with Crippen molar-refractivity contribution in [2.24, 2.45) is 11.8 Å². The summed E-state index contributed by atoms with van der Waals surface area (Å²) in [6.07, 6.45) is 4.93. The molecule has 0 bridgehead atoms. The molecule has 0 radical (unpaired) electrons. The maximum Gasteiger partial charge on any atom is 0.302 e. The second kappa shape index (κ2) is 25.2. The Kier molecular flexibility index (Phi) is 23.6. The van der Waals surface area contributed by atoms with Crippen LogP contribution in [0, 0.1) is 11.8 Å². The molecule has 0 amide bonds. The van der Waals surface area contributed by atoms with Crippen LogP contribution in [0.5, 0.6) is 0 Å². The Hall–Kier alpha value is -1.49. The lowest BCUT2D eigenvalue weighted by Crippen LogP contribution is -2.50. The van der Waals surface area contributed by atoms with Crippen LogP contribution in [0.4, 0.5) is 0 Å². The van der Waals surface area contributed by atoms with Crippen molar-refractivity contribution in [2.75, 3.05) is 27.4 Å². The third-order valence-electron chi connectivity index (χ3n) is 11.6. The van der Waals surface area contributed by atoms with Gasteiger partial charge in [0, 0.05) is 39.4 Å². The van der Waals surface area contributed by atoms with E-state index in [1.54, 1.807) is 20.3 Å². The van der Waals surface area contributed by atoms with Crippen LogP contribution in [0.2, 0.25) is 55.9 Å². The minimum absolute atomic E-state index is 0.00937. The number of carbonyl (C=O) groups excluding carboxylic acids is 2. The second-order valence-electron chi connectivity index (χ2n) is 18.1. The highest BCUT2D eigenvalue weighted by Gasteiger charge is 2.43. The number of methoxy groups -OCH3 is 2. The SMILES string of the molecule is CC[Si](CC)(CC)O[C@H](C[C@H](COC)OCc1ccccc1)[C@H](C)[C@H](O[Si](C)(C)C)[C@@H](C)C(=O)/C=C/C[C@H](OC)[C@H](CCCOC(C)=O)O[Si](C)(C)C(C)(C)C. The minimum Gasteiger partial charge on any atom is -0.466 e. The standard InChI is InChI=1S/C44H82O9Si3/c1-17-56(18-2,19-3)52-42(31-38(33-47-10)50-32-37-25-21-20-22-26-37)35(5)43(53-54(12,13)14)34(4)39(46)27-23-28-40(48-11)41(29-24-30-49-36(6)45)51-55(15,16)44(7,8)9/h20-23,25-27,34-35,38,40-43H,17-19,24,28-33H2,1-16H3/b27-23+/t34-,35-,38+,40-,41-,42+,43+/m0/s1. The van der Waals surface area contributed by atoms with Gasteiger partial charge < -0.3 is 32.2 Å². The summed E-state index contributed by atoms with van der Waals surface area (Å²) < 4.78 is 44.6. The van der Waals surface area contributed by atoms with Gasteiger partial charge in [0.2, 0.25) is 0 Å². The fourth-order valence-electron chi connectivity index (χ4n) is 6.80. The minimum atomic E-state index is -2.15. The molecule has 12 heteroatoms. The molecule has 324 valence electrons. The molecule has 0 spiro atoms. The molecule has 9 nitrogen and oxygen atoms in total. The van der Waals surface area contributed by atoms with Crippen LogP contribution >= 0.6 is 0 Å². The van der Waals surface area contributed by atoms with Gasteiger partial charge in [-0.15, -0.1) is 0 Å². The van der Waals surface area contributed by atoms with Crippen molar-refractivity contribution in [3.05, 3.63) is 48.0 Å². The quantitative estimate of drug-likeness (QED) is 0.0338. The molecule has 1 rings (SSSR count). The molecule has 0 aliphatic rings. The maximum atomic E-state index is 14.2. The Morgan fingerprint density at radius 3 is 1.95 bits per heavy atom. The lowest BCUT2D eigenvalue weighted by Gasteiger charge is -2.42. The third-order valence-corrected chi connectivity index (χ3v) is 21.8. The number of hydrogen-bond donors (Lipinski definition) is 0. The van der Waals surface area contributed by atoms with Gasteiger partial charge in [0.15, 0.2) is 30.7 Å². The average molecular weight is 839 g/mol. The van der Waals surface area contributed by atoms with Crippen molar-refractivity contribution in [2.45, 2.75) is 181 Å². The predicted molar refractivity (Wildman–Crippen MR) is 238 cm³/mol. The molecule has 1 aromatic rings. The first-order valence-corrected chi connectivity index (χ1v) is 30.0. The number of hydrogen-bond acceptors (Lipinski definition) is 9. The van der Waals surface area contributed by atoms with Crippen LogP contribution in [-0.2, 0) is 48.4 Å². The number of carbonyl (C=O) groups is 2. The Labute approximate surface area is 345 Å². The van der Waals surface area contributed by atoms with E-state index in [1.807, 2.05) is 31.2 Å². The van der Waals surface area contributed by atoms with Crippen molar-refractivity contribution in [3.63, 3.8) is 0 Å². The summed E-state index contributed by atoms with van der Waals surface area (Å²) in [6, 6.07) is 13.3. The van der Waals surface area contributed by atoms with E-state index >= 15 is 0 Å².